The Morgan fingerprint density at radius 2 is 1.77 bits per heavy atom. The van der Waals surface area contributed by atoms with Gasteiger partial charge in [0.2, 0.25) is 0 Å². The average molecular weight is 183 g/mol. The molecule has 0 radical (unpaired) electrons. The van der Waals surface area contributed by atoms with E-state index in [2.05, 4.69) is 25.7 Å². The monoisotopic (exact) mass is 183 g/mol. The van der Waals surface area contributed by atoms with Crippen molar-refractivity contribution in [3.63, 3.8) is 0 Å². The second-order valence-electron chi connectivity index (χ2n) is 4.49. The third-order valence-corrected chi connectivity index (χ3v) is 3.31. The summed E-state index contributed by atoms with van der Waals surface area (Å²) in [5.41, 5.74) is 0. The van der Waals surface area contributed by atoms with Crippen molar-refractivity contribution >= 4 is 6.29 Å². The largest absolute Gasteiger partial charge is 0.303 e. The van der Waals surface area contributed by atoms with Gasteiger partial charge < -0.3 is 9.69 Å². The molecule has 76 valence electrons. The molecule has 2 nitrogen and oxygen atoms in total. The molecule has 1 heterocycles. The van der Waals surface area contributed by atoms with Crippen molar-refractivity contribution in [3.05, 3.63) is 0 Å². The van der Waals surface area contributed by atoms with Gasteiger partial charge in [0.1, 0.15) is 6.29 Å². The van der Waals surface area contributed by atoms with Crippen LogP contribution in [0.5, 0.6) is 0 Å². The van der Waals surface area contributed by atoms with Gasteiger partial charge in [0.25, 0.3) is 0 Å². The van der Waals surface area contributed by atoms with Gasteiger partial charge in [-0.05, 0) is 38.8 Å². The normalized spacial score (nSPS) is 23.4. The number of hydrogen-bond donors (Lipinski definition) is 0. The zero-order chi connectivity index (χ0) is 9.84. The molecule has 2 heteroatoms. The Morgan fingerprint density at radius 3 is 2.15 bits per heavy atom. The van der Waals surface area contributed by atoms with E-state index in [0.717, 1.165) is 32.2 Å². The second kappa shape index (κ2) is 4.75. The molecular weight excluding hydrogens is 162 g/mol. The molecule has 0 saturated carbocycles. The molecule has 1 saturated heterocycles. The van der Waals surface area contributed by atoms with Gasteiger partial charge in [-0.3, -0.25) is 0 Å². The van der Waals surface area contributed by atoms with E-state index in [-0.39, 0.29) is 0 Å². The highest BCUT2D eigenvalue weighted by Gasteiger charge is 2.23. The van der Waals surface area contributed by atoms with Crippen LogP contribution in [0.15, 0.2) is 0 Å². The summed E-state index contributed by atoms with van der Waals surface area (Å²) in [7, 11) is 0. The highest BCUT2D eigenvalue weighted by molar-refractivity contribution is 5.53. The van der Waals surface area contributed by atoms with Crippen LogP contribution in [-0.2, 0) is 4.79 Å². The van der Waals surface area contributed by atoms with Crippen LogP contribution in [0.25, 0.3) is 0 Å². The zero-order valence-corrected chi connectivity index (χ0v) is 8.99. The van der Waals surface area contributed by atoms with Crippen molar-refractivity contribution in [1.82, 2.24) is 4.90 Å². The lowest BCUT2D eigenvalue weighted by molar-refractivity contribution is -0.112. The number of carbonyl (C=O) groups excluding carboxylic acids is 1. The van der Waals surface area contributed by atoms with Gasteiger partial charge in [-0.1, -0.05) is 13.8 Å². The van der Waals surface area contributed by atoms with Crippen LogP contribution in [0, 0.1) is 11.8 Å². The van der Waals surface area contributed by atoms with E-state index in [1.54, 1.807) is 0 Å². The quantitative estimate of drug-likeness (QED) is 0.623. The SMILES string of the molecule is CC(C)C(C)N1CCC(C=O)CC1. The molecule has 0 aliphatic carbocycles. The van der Waals surface area contributed by atoms with E-state index in [1.165, 1.54) is 0 Å². The van der Waals surface area contributed by atoms with E-state index in [9.17, 15) is 4.79 Å². The second-order valence-corrected chi connectivity index (χ2v) is 4.49. The van der Waals surface area contributed by atoms with Gasteiger partial charge in [-0.25, -0.2) is 0 Å². The standard InChI is InChI=1S/C11H21NO/c1-9(2)10(3)12-6-4-11(8-13)5-7-12/h8-11H,4-7H2,1-3H3. The van der Waals surface area contributed by atoms with Crippen molar-refractivity contribution in [2.24, 2.45) is 11.8 Å². The topological polar surface area (TPSA) is 20.3 Å². The Hall–Kier alpha value is -0.370. The van der Waals surface area contributed by atoms with Gasteiger partial charge in [-0.2, -0.15) is 0 Å². The van der Waals surface area contributed by atoms with Gasteiger partial charge in [-0.15, -0.1) is 0 Å². The summed E-state index contributed by atoms with van der Waals surface area (Å²) >= 11 is 0. The Balaban J connectivity index is 2.36. The summed E-state index contributed by atoms with van der Waals surface area (Å²) in [6.45, 7) is 9.00. The number of hydrogen-bond acceptors (Lipinski definition) is 2. The van der Waals surface area contributed by atoms with Crippen LogP contribution in [0.4, 0.5) is 0 Å². The highest BCUT2D eigenvalue weighted by atomic mass is 16.1. The first kappa shape index (κ1) is 10.7. The first-order chi connectivity index (χ1) is 6.15. The maximum Gasteiger partial charge on any atom is 0.123 e. The number of likely N-dealkylation sites (tertiary alicyclic amines) is 1. The minimum atomic E-state index is 0.329. The Labute approximate surface area is 81.3 Å². The summed E-state index contributed by atoms with van der Waals surface area (Å²) in [5, 5.41) is 0. The van der Waals surface area contributed by atoms with Gasteiger partial charge in [0.05, 0.1) is 0 Å². The van der Waals surface area contributed by atoms with E-state index >= 15 is 0 Å². The summed E-state index contributed by atoms with van der Waals surface area (Å²) in [4.78, 5) is 13.1. The van der Waals surface area contributed by atoms with Crippen molar-refractivity contribution in [1.29, 1.82) is 0 Å². The molecule has 0 spiro atoms. The number of piperidine rings is 1. The molecule has 1 rings (SSSR count). The van der Waals surface area contributed by atoms with E-state index < -0.39 is 0 Å². The minimum absolute atomic E-state index is 0.329. The van der Waals surface area contributed by atoms with Crippen molar-refractivity contribution in [2.75, 3.05) is 13.1 Å². The molecule has 1 aliphatic rings. The van der Waals surface area contributed by atoms with Gasteiger partial charge in [0.15, 0.2) is 0 Å². The molecule has 0 bridgehead atoms. The maximum atomic E-state index is 10.6. The molecule has 1 fully saturated rings. The molecule has 0 aromatic heterocycles. The fourth-order valence-corrected chi connectivity index (χ4v) is 1.88. The number of carbonyl (C=O) groups is 1. The van der Waals surface area contributed by atoms with E-state index in [4.69, 9.17) is 0 Å². The van der Waals surface area contributed by atoms with Crippen molar-refractivity contribution in [3.8, 4) is 0 Å². The molecule has 0 aromatic carbocycles. The Kier molecular flexibility index (Phi) is 3.91. The lowest BCUT2D eigenvalue weighted by Crippen LogP contribution is -2.42. The van der Waals surface area contributed by atoms with Gasteiger partial charge in [0, 0.05) is 12.0 Å². The summed E-state index contributed by atoms with van der Waals surface area (Å²) in [6.07, 6.45) is 3.23. The van der Waals surface area contributed by atoms with Crippen LogP contribution in [0.1, 0.15) is 33.6 Å². The minimum Gasteiger partial charge on any atom is -0.303 e. The highest BCUT2D eigenvalue weighted by Crippen LogP contribution is 2.19. The van der Waals surface area contributed by atoms with Gasteiger partial charge >= 0.3 is 0 Å². The van der Waals surface area contributed by atoms with E-state index in [0.29, 0.717) is 17.9 Å². The summed E-state index contributed by atoms with van der Waals surface area (Å²) < 4.78 is 0. The van der Waals surface area contributed by atoms with Crippen molar-refractivity contribution in [2.45, 2.75) is 39.7 Å². The van der Waals surface area contributed by atoms with Crippen LogP contribution in [0.3, 0.4) is 0 Å². The molecule has 0 amide bonds. The lowest BCUT2D eigenvalue weighted by Gasteiger charge is -2.36. The number of nitrogens with zero attached hydrogens (tertiary/aromatic N) is 1. The fourth-order valence-electron chi connectivity index (χ4n) is 1.88. The van der Waals surface area contributed by atoms with Crippen LogP contribution < -0.4 is 0 Å². The molecule has 1 unspecified atom stereocenters. The molecule has 13 heavy (non-hydrogen) atoms. The average Bonchev–Trinajstić information content (AvgIpc) is 2.17. The number of rotatable bonds is 3. The predicted molar refractivity (Wildman–Crippen MR) is 54.7 cm³/mol. The molecule has 0 aromatic rings. The fraction of sp³-hybridized carbons (Fsp3) is 0.909. The molecule has 1 atom stereocenters. The van der Waals surface area contributed by atoms with Crippen LogP contribution >= 0.6 is 0 Å². The smallest absolute Gasteiger partial charge is 0.123 e. The molecule has 0 N–H and O–H groups in total. The Bertz CT molecular complexity index is 159. The Morgan fingerprint density at radius 1 is 1.23 bits per heavy atom. The first-order valence-electron chi connectivity index (χ1n) is 5.34. The van der Waals surface area contributed by atoms with Crippen LogP contribution in [0.2, 0.25) is 0 Å². The van der Waals surface area contributed by atoms with E-state index in [1.807, 2.05) is 0 Å². The summed E-state index contributed by atoms with van der Waals surface area (Å²) in [6, 6.07) is 0.660. The first-order valence-corrected chi connectivity index (χ1v) is 5.34. The maximum absolute atomic E-state index is 10.6. The summed E-state index contributed by atoms with van der Waals surface area (Å²) in [5.74, 6) is 1.04. The number of aldehydes is 1. The predicted octanol–water partition coefficient (Wildman–Crippen LogP) is 1.94. The van der Waals surface area contributed by atoms with Crippen LogP contribution in [-0.4, -0.2) is 30.3 Å². The molecular formula is C11H21NO. The van der Waals surface area contributed by atoms with Crippen molar-refractivity contribution < 1.29 is 4.79 Å². The zero-order valence-electron chi connectivity index (χ0n) is 8.99. The third-order valence-electron chi connectivity index (χ3n) is 3.31. The lowest BCUT2D eigenvalue weighted by atomic mass is 9.95. The molecule has 1 aliphatic heterocycles. The third kappa shape index (κ3) is 2.80.